The molecule has 0 aromatic carbocycles. The van der Waals surface area contributed by atoms with E-state index >= 15 is 0 Å². The number of nitrogens with zero attached hydrogens (tertiary/aromatic N) is 7. The monoisotopic (exact) mass is 349 g/mol. The van der Waals surface area contributed by atoms with Crippen LogP contribution in [-0.4, -0.2) is 49.7 Å². The molecule has 0 unspecified atom stereocenters. The fourth-order valence-electron chi connectivity index (χ4n) is 4.00. The molecule has 4 heterocycles. The third-order valence-electron chi connectivity index (χ3n) is 5.43. The molecule has 3 aromatic heterocycles. The van der Waals surface area contributed by atoms with Gasteiger partial charge in [0.15, 0.2) is 5.65 Å². The van der Waals surface area contributed by atoms with Crippen LogP contribution in [0.3, 0.4) is 0 Å². The molecule has 0 N–H and O–H groups in total. The van der Waals surface area contributed by atoms with Gasteiger partial charge in [-0.3, -0.25) is 4.40 Å². The van der Waals surface area contributed by atoms with E-state index in [1.165, 1.54) is 12.8 Å². The first-order valence-corrected chi connectivity index (χ1v) is 9.41. The van der Waals surface area contributed by atoms with E-state index in [0.29, 0.717) is 12.1 Å². The number of aryl methyl sites for hydroxylation is 1. The highest BCUT2D eigenvalue weighted by Gasteiger charge is 2.37. The summed E-state index contributed by atoms with van der Waals surface area (Å²) >= 11 is 0. The van der Waals surface area contributed by atoms with Crippen molar-refractivity contribution in [3.05, 3.63) is 42.5 Å². The first-order valence-electron chi connectivity index (χ1n) is 9.41. The first-order chi connectivity index (χ1) is 12.8. The van der Waals surface area contributed by atoms with Crippen molar-refractivity contribution < 1.29 is 0 Å². The smallest absolute Gasteiger partial charge is 0.231 e. The molecule has 1 aliphatic heterocycles. The van der Waals surface area contributed by atoms with Crippen LogP contribution in [-0.2, 0) is 0 Å². The molecular formula is C19H23N7. The van der Waals surface area contributed by atoms with Gasteiger partial charge >= 0.3 is 0 Å². The number of pyridine rings is 1. The summed E-state index contributed by atoms with van der Waals surface area (Å²) < 4.78 is 2.08. The van der Waals surface area contributed by atoms with E-state index in [1.54, 1.807) is 6.33 Å². The Morgan fingerprint density at radius 2 is 1.81 bits per heavy atom. The molecule has 0 bridgehead atoms. The minimum atomic E-state index is 0.534. The minimum Gasteiger partial charge on any atom is -0.350 e. The van der Waals surface area contributed by atoms with E-state index < -0.39 is 0 Å². The molecule has 7 nitrogen and oxygen atoms in total. The minimum absolute atomic E-state index is 0.534. The highest BCUT2D eigenvalue weighted by molar-refractivity contribution is 5.48. The molecule has 0 radical (unpaired) electrons. The second kappa shape index (κ2) is 6.23. The summed E-state index contributed by atoms with van der Waals surface area (Å²) in [6.07, 6.45) is 8.51. The molecule has 3 aromatic rings. The topological polar surface area (TPSA) is 62.5 Å². The van der Waals surface area contributed by atoms with E-state index in [1.807, 2.05) is 31.3 Å². The molecule has 26 heavy (non-hydrogen) atoms. The zero-order valence-corrected chi connectivity index (χ0v) is 15.0. The number of rotatable bonds is 4. The van der Waals surface area contributed by atoms with Crippen molar-refractivity contribution in [3.63, 3.8) is 0 Å². The van der Waals surface area contributed by atoms with Crippen LogP contribution in [0.25, 0.3) is 5.65 Å². The Balaban J connectivity index is 1.34. The molecule has 0 spiro atoms. The molecular weight excluding hydrogens is 326 g/mol. The maximum atomic E-state index is 4.56. The number of anilines is 2. The van der Waals surface area contributed by atoms with Crippen molar-refractivity contribution in [1.82, 2.24) is 24.6 Å². The van der Waals surface area contributed by atoms with Gasteiger partial charge in [0.05, 0.1) is 0 Å². The molecule has 0 amide bonds. The van der Waals surface area contributed by atoms with E-state index in [4.69, 9.17) is 0 Å². The summed E-state index contributed by atoms with van der Waals surface area (Å²) in [5.41, 5.74) is 1.94. The van der Waals surface area contributed by atoms with Crippen LogP contribution in [0.5, 0.6) is 0 Å². The molecule has 1 saturated carbocycles. The third-order valence-corrected chi connectivity index (χ3v) is 5.43. The standard InChI is InChI=1S/C19H23N7/c1-14-12-18(21-13-20-14)26(15-5-6-15)16-7-10-24(11-8-16)19-23-22-17-4-2-3-9-25(17)19/h2-4,9,12-13,15-16H,5-8,10-11H2,1H3. The number of aromatic nitrogens is 5. The van der Waals surface area contributed by atoms with Crippen LogP contribution in [0.15, 0.2) is 36.8 Å². The molecule has 5 rings (SSSR count). The Morgan fingerprint density at radius 3 is 2.58 bits per heavy atom. The summed E-state index contributed by atoms with van der Waals surface area (Å²) in [6.45, 7) is 4.02. The second-order valence-corrected chi connectivity index (χ2v) is 7.30. The van der Waals surface area contributed by atoms with Crippen molar-refractivity contribution in [2.24, 2.45) is 0 Å². The van der Waals surface area contributed by atoms with Crippen LogP contribution in [0.2, 0.25) is 0 Å². The van der Waals surface area contributed by atoms with Gasteiger partial charge in [-0.2, -0.15) is 0 Å². The van der Waals surface area contributed by atoms with Crippen molar-refractivity contribution in [1.29, 1.82) is 0 Å². The third kappa shape index (κ3) is 2.77. The number of fused-ring (bicyclic) bond motifs is 1. The van der Waals surface area contributed by atoms with E-state index in [0.717, 1.165) is 49.0 Å². The van der Waals surface area contributed by atoms with Crippen LogP contribution in [0.1, 0.15) is 31.4 Å². The summed E-state index contributed by atoms with van der Waals surface area (Å²) in [5, 5.41) is 8.70. The number of hydrogen-bond donors (Lipinski definition) is 0. The average Bonchev–Trinajstić information content (AvgIpc) is 3.40. The van der Waals surface area contributed by atoms with E-state index in [2.05, 4.69) is 40.4 Å². The zero-order valence-electron chi connectivity index (χ0n) is 15.0. The molecule has 1 saturated heterocycles. The van der Waals surface area contributed by atoms with Crippen LogP contribution in [0.4, 0.5) is 11.8 Å². The molecule has 0 atom stereocenters. The Hall–Kier alpha value is -2.70. The van der Waals surface area contributed by atoms with Gasteiger partial charge in [0.25, 0.3) is 0 Å². The SMILES string of the molecule is Cc1cc(N(C2CC2)C2CCN(c3nnc4ccccn34)CC2)ncn1. The van der Waals surface area contributed by atoms with Gasteiger partial charge in [0, 0.05) is 43.1 Å². The van der Waals surface area contributed by atoms with Crippen LogP contribution in [0, 0.1) is 6.92 Å². The Labute approximate surface area is 152 Å². The summed E-state index contributed by atoms with van der Waals surface area (Å²) in [7, 11) is 0. The molecule has 134 valence electrons. The van der Waals surface area contributed by atoms with Gasteiger partial charge in [0.1, 0.15) is 12.1 Å². The maximum absolute atomic E-state index is 4.56. The summed E-state index contributed by atoms with van der Waals surface area (Å²) in [6, 6.07) is 9.32. The lowest BCUT2D eigenvalue weighted by molar-refractivity contribution is 0.454. The predicted octanol–water partition coefficient (Wildman–Crippen LogP) is 2.47. The van der Waals surface area contributed by atoms with Crippen molar-refractivity contribution in [2.75, 3.05) is 22.9 Å². The summed E-state index contributed by atoms with van der Waals surface area (Å²) in [4.78, 5) is 13.7. The fraction of sp³-hybridized carbons (Fsp3) is 0.474. The van der Waals surface area contributed by atoms with Gasteiger partial charge in [-0.1, -0.05) is 6.07 Å². The Bertz CT molecular complexity index is 909. The average molecular weight is 349 g/mol. The van der Waals surface area contributed by atoms with Gasteiger partial charge in [-0.05, 0) is 44.7 Å². The van der Waals surface area contributed by atoms with Crippen molar-refractivity contribution >= 4 is 17.4 Å². The van der Waals surface area contributed by atoms with E-state index in [9.17, 15) is 0 Å². The fourth-order valence-corrected chi connectivity index (χ4v) is 4.00. The normalized spacial score (nSPS) is 18.4. The Kier molecular flexibility index (Phi) is 3.72. The summed E-state index contributed by atoms with van der Waals surface area (Å²) in [5.74, 6) is 2.04. The van der Waals surface area contributed by atoms with Gasteiger partial charge in [-0.15, -0.1) is 10.2 Å². The van der Waals surface area contributed by atoms with Gasteiger partial charge in [-0.25, -0.2) is 9.97 Å². The predicted molar refractivity (Wildman–Crippen MR) is 100 cm³/mol. The molecule has 1 aliphatic carbocycles. The van der Waals surface area contributed by atoms with Gasteiger partial charge in [0.2, 0.25) is 5.95 Å². The number of hydrogen-bond acceptors (Lipinski definition) is 6. The van der Waals surface area contributed by atoms with E-state index in [-0.39, 0.29) is 0 Å². The highest BCUT2D eigenvalue weighted by atomic mass is 15.4. The first kappa shape index (κ1) is 15.5. The maximum Gasteiger partial charge on any atom is 0.231 e. The Morgan fingerprint density at radius 1 is 1.00 bits per heavy atom. The molecule has 7 heteroatoms. The molecule has 2 fully saturated rings. The largest absolute Gasteiger partial charge is 0.350 e. The van der Waals surface area contributed by atoms with Gasteiger partial charge < -0.3 is 9.80 Å². The van der Waals surface area contributed by atoms with Crippen LogP contribution < -0.4 is 9.80 Å². The lowest BCUT2D eigenvalue weighted by Crippen LogP contribution is -2.47. The number of piperidine rings is 1. The highest BCUT2D eigenvalue weighted by Crippen LogP contribution is 2.35. The second-order valence-electron chi connectivity index (χ2n) is 7.30. The quantitative estimate of drug-likeness (QED) is 0.721. The molecule has 2 aliphatic rings. The van der Waals surface area contributed by atoms with Crippen LogP contribution >= 0.6 is 0 Å². The van der Waals surface area contributed by atoms with Crippen molar-refractivity contribution in [2.45, 2.75) is 44.7 Å². The lowest BCUT2D eigenvalue weighted by atomic mass is 10.0. The van der Waals surface area contributed by atoms with Crippen molar-refractivity contribution in [3.8, 4) is 0 Å². The zero-order chi connectivity index (χ0) is 17.5. The lowest BCUT2D eigenvalue weighted by Gasteiger charge is -2.39.